The molecule has 1 saturated carbocycles. The van der Waals surface area contributed by atoms with Gasteiger partial charge in [-0.05, 0) is 43.3 Å². The average Bonchev–Trinajstić information content (AvgIpc) is 3.16. The van der Waals surface area contributed by atoms with E-state index in [9.17, 15) is 0 Å². The predicted molar refractivity (Wildman–Crippen MR) is 83.0 cm³/mol. The fourth-order valence-corrected chi connectivity index (χ4v) is 2.92. The molecule has 1 fully saturated rings. The number of anilines is 1. The molecule has 1 aliphatic rings. The molecule has 0 aliphatic heterocycles. The Morgan fingerprint density at radius 3 is 2.80 bits per heavy atom. The van der Waals surface area contributed by atoms with Crippen LogP contribution < -0.4 is 10.2 Å². The van der Waals surface area contributed by atoms with Gasteiger partial charge in [-0.15, -0.1) is 16.4 Å². The summed E-state index contributed by atoms with van der Waals surface area (Å²) >= 11 is 1.78. The van der Waals surface area contributed by atoms with Crippen molar-refractivity contribution in [1.82, 2.24) is 15.5 Å². The Balaban J connectivity index is 1.63. The molecule has 2 heterocycles. The third kappa shape index (κ3) is 3.16. The van der Waals surface area contributed by atoms with Gasteiger partial charge >= 0.3 is 0 Å². The van der Waals surface area contributed by atoms with Crippen molar-refractivity contribution >= 4 is 17.2 Å². The lowest BCUT2D eigenvalue weighted by atomic mass is 10.2. The molecule has 1 aliphatic carbocycles. The van der Waals surface area contributed by atoms with Crippen molar-refractivity contribution < 1.29 is 0 Å². The number of hydrogen-bond donors (Lipinski definition) is 1. The number of aromatic nitrogens is 2. The van der Waals surface area contributed by atoms with E-state index in [1.165, 1.54) is 17.7 Å². The minimum atomic E-state index is 0.319. The summed E-state index contributed by atoms with van der Waals surface area (Å²) in [4.78, 5) is 3.51. The van der Waals surface area contributed by atoms with E-state index >= 15 is 0 Å². The molecule has 1 N–H and O–H groups in total. The molecule has 4 nitrogen and oxygen atoms in total. The number of nitrogens with one attached hydrogen (secondary N) is 1. The predicted octanol–water partition coefficient (Wildman–Crippen LogP) is 2.99. The maximum atomic E-state index is 4.35. The number of thiophene rings is 1. The van der Waals surface area contributed by atoms with Gasteiger partial charge in [-0.1, -0.05) is 6.07 Å². The van der Waals surface area contributed by atoms with Crippen LogP contribution >= 0.6 is 11.3 Å². The first-order valence-corrected chi connectivity index (χ1v) is 7.94. The molecule has 2 aromatic heterocycles. The lowest BCUT2D eigenvalue weighted by molar-refractivity contribution is 0.660. The normalized spacial score (nSPS) is 16.1. The van der Waals surface area contributed by atoms with Gasteiger partial charge in [0.25, 0.3) is 0 Å². The van der Waals surface area contributed by atoms with Gasteiger partial charge in [0.1, 0.15) is 0 Å². The van der Waals surface area contributed by atoms with Crippen LogP contribution in [0.25, 0.3) is 0 Å². The maximum absolute atomic E-state index is 4.35. The van der Waals surface area contributed by atoms with E-state index in [0.717, 1.165) is 18.1 Å². The van der Waals surface area contributed by atoms with E-state index in [-0.39, 0.29) is 0 Å². The summed E-state index contributed by atoms with van der Waals surface area (Å²) in [6.07, 6.45) is 2.60. The highest BCUT2D eigenvalue weighted by Crippen LogP contribution is 2.26. The summed E-state index contributed by atoms with van der Waals surface area (Å²) in [5.74, 6) is 0.918. The van der Waals surface area contributed by atoms with Crippen LogP contribution in [0.5, 0.6) is 0 Å². The van der Waals surface area contributed by atoms with E-state index in [1.54, 1.807) is 11.3 Å². The Kier molecular flexibility index (Phi) is 3.98. The molecule has 0 aromatic carbocycles. The molecule has 1 atom stereocenters. The lowest BCUT2D eigenvalue weighted by Gasteiger charge is -2.24. The lowest BCUT2D eigenvalue weighted by Crippen LogP contribution is -2.23. The second-order valence-corrected chi connectivity index (χ2v) is 6.32. The van der Waals surface area contributed by atoms with Crippen molar-refractivity contribution in [3.05, 3.63) is 40.2 Å². The van der Waals surface area contributed by atoms with Crippen LogP contribution in [0.2, 0.25) is 0 Å². The second-order valence-electron chi connectivity index (χ2n) is 5.34. The van der Waals surface area contributed by atoms with Gasteiger partial charge in [-0.25, -0.2) is 0 Å². The summed E-state index contributed by atoms with van der Waals surface area (Å²) in [6, 6.07) is 9.39. The molecule has 0 radical (unpaired) electrons. The summed E-state index contributed by atoms with van der Waals surface area (Å²) in [6.45, 7) is 3.01. The summed E-state index contributed by atoms with van der Waals surface area (Å²) in [5, 5.41) is 14.2. The zero-order chi connectivity index (χ0) is 13.9. The van der Waals surface area contributed by atoms with Crippen molar-refractivity contribution in [1.29, 1.82) is 0 Å². The van der Waals surface area contributed by atoms with E-state index in [4.69, 9.17) is 0 Å². The molecule has 20 heavy (non-hydrogen) atoms. The van der Waals surface area contributed by atoms with Gasteiger partial charge in [0, 0.05) is 24.5 Å². The zero-order valence-corrected chi connectivity index (χ0v) is 12.7. The third-order valence-electron chi connectivity index (χ3n) is 3.75. The van der Waals surface area contributed by atoms with E-state index in [2.05, 4.69) is 64.0 Å². The minimum absolute atomic E-state index is 0.319. The first-order valence-electron chi connectivity index (χ1n) is 7.06. The fraction of sp³-hybridized carbons (Fsp3) is 0.467. The van der Waals surface area contributed by atoms with Crippen molar-refractivity contribution in [2.24, 2.45) is 0 Å². The Hall–Kier alpha value is -1.46. The maximum Gasteiger partial charge on any atom is 0.151 e. The summed E-state index contributed by atoms with van der Waals surface area (Å²) < 4.78 is 0. The largest absolute Gasteiger partial charge is 0.351 e. The molecule has 5 heteroatoms. The smallest absolute Gasteiger partial charge is 0.151 e. The second kappa shape index (κ2) is 5.89. The first kappa shape index (κ1) is 13.5. The highest BCUT2D eigenvalue weighted by atomic mass is 32.1. The van der Waals surface area contributed by atoms with Crippen LogP contribution in [-0.4, -0.2) is 23.3 Å². The van der Waals surface area contributed by atoms with Crippen molar-refractivity contribution in [2.75, 3.05) is 11.9 Å². The van der Waals surface area contributed by atoms with Gasteiger partial charge in [0.2, 0.25) is 0 Å². The van der Waals surface area contributed by atoms with E-state index in [1.807, 2.05) is 0 Å². The molecule has 0 bridgehead atoms. The molecule has 2 aromatic rings. The molecule has 0 saturated heterocycles. The van der Waals surface area contributed by atoms with Crippen LogP contribution in [0.15, 0.2) is 29.6 Å². The molecular weight excluding hydrogens is 268 g/mol. The SMILES string of the molecule is CC(c1cccs1)N(C)c1ccc(CNC2CC2)nn1. The Morgan fingerprint density at radius 1 is 1.35 bits per heavy atom. The van der Waals surface area contributed by atoms with Crippen molar-refractivity contribution in [3.63, 3.8) is 0 Å². The Bertz CT molecular complexity index is 534. The van der Waals surface area contributed by atoms with Crippen LogP contribution in [0.4, 0.5) is 5.82 Å². The topological polar surface area (TPSA) is 41.0 Å². The van der Waals surface area contributed by atoms with Gasteiger partial charge in [-0.2, -0.15) is 5.10 Å². The minimum Gasteiger partial charge on any atom is -0.351 e. The molecular formula is C15H20N4S. The van der Waals surface area contributed by atoms with Gasteiger partial charge in [-0.3, -0.25) is 0 Å². The molecule has 0 amide bonds. The van der Waals surface area contributed by atoms with E-state index in [0.29, 0.717) is 12.1 Å². The van der Waals surface area contributed by atoms with Gasteiger partial charge in [0.05, 0.1) is 11.7 Å². The Labute approximate surface area is 123 Å². The number of rotatable bonds is 6. The molecule has 106 valence electrons. The monoisotopic (exact) mass is 288 g/mol. The number of nitrogens with zero attached hydrogens (tertiary/aromatic N) is 3. The van der Waals surface area contributed by atoms with Crippen LogP contribution in [-0.2, 0) is 6.54 Å². The molecule has 1 unspecified atom stereocenters. The van der Waals surface area contributed by atoms with Crippen molar-refractivity contribution in [3.8, 4) is 0 Å². The van der Waals surface area contributed by atoms with Gasteiger partial charge in [0.15, 0.2) is 5.82 Å². The Morgan fingerprint density at radius 2 is 2.20 bits per heavy atom. The zero-order valence-electron chi connectivity index (χ0n) is 11.9. The highest BCUT2D eigenvalue weighted by molar-refractivity contribution is 7.10. The average molecular weight is 288 g/mol. The third-order valence-corrected chi connectivity index (χ3v) is 4.79. The molecule has 0 spiro atoms. The fourth-order valence-electron chi connectivity index (χ4n) is 2.09. The highest BCUT2D eigenvalue weighted by Gasteiger charge is 2.20. The quantitative estimate of drug-likeness (QED) is 0.887. The van der Waals surface area contributed by atoms with E-state index < -0.39 is 0 Å². The van der Waals surface area contributed by atoms with Gasteiger partial charge < -0.3 is 10.2 Å². The van der Waals surface area contributed by atoms with Crippen LogP contribution in [0, 0.1) is 0 Å². The van der Waals surface area contributed by atoms with Crippen molar-refractivity contribution in [2.45, 2.75) is 38.4 Å². The summed E-state index contributed by atoms with van der Waals surface area (Å²) in [5.41, 5.74) is 1.01. The standard InChI is InChI=1S/C15H20N4S/c1-11(14-4-3-9-20-14)19(2)15-8-7-13(17-18-15)10-16-12-5-6-12/h3-4,7-9,11-12,16H,5-6,10H2,1-2H3. The summed E-state index contributed by atoms with van der Waals surface area (Å²) in [7, 11) is 2.07. The van der Waals surface area contributed by atoms with Crippen LogP contribution in [0.1, 0.15) is 36.4 Å². The molecule has 3 rings (SSSR count). The first-order chi connectivity index (χ1) is 9.74. The number of hydrogen-bond acceptors (Lipinski definition) is 5. The van der Waals surface area contributed by atoms with Crippen LogP contribution in [0.3, 0.4) is 0 Å².